The Morgan fingerprint density at radius 3 is 3.00 bits per heavy atom. The number of hydrogen-bond donors (Lipinski definition) is 0. The second-order valence-electron chi connectivity index (χ2n) is 1.36. The van der Waals surface area contributed by atoms with Gasteiger partial charge in [-0.05, 0) is 6.26 Å². The van der Waals surface area contributed by atoms with Crippen molar-refractivity contribution in [1.82, 2.24) is 4.98 Å². The number of nitrogens with zero attached hydrogens (tertiary/aromatic N) is 1. The summed E-state index contributed by atoms with van der Waals surface area (Å²) in [5.74, 6) is 0. The Hall–Kier alpha value is -0.350. The maximum Gasteiger partial charge on any atom is 0.169 e. The highest BCUT2D eigenvalue weighted by Crippen LogP contribution is 2.18. The van der Waals surface area contributed by atoms with Crippen LogP contribution in [-0.2, 0) is 0 Å². The highest BCUT2D eigenvalue weighted by Gasteiger charge is 1.96. The smallest absolute Gasteiger partial charge is 0.169 e. The van der Waals surface area contributed by atoms with Crippen molar-refractivity contribution in [3.8, 4) is 0 Å². The molecule has 0 atom stereocenters. The summed E-state index contributed by atoms with van der Waals surface area (Å²) in [4.78, 5) is 14.0. The minimum absolute atomic E-state index is 0.532. The summed E-state index contributed by atoms with van der Waals surface area (Å²) < 4.78 is 0.942. The molecule has 0 bridgehead atoms. The average Bonchev–Trinajstić information content (AvgIpc) is 2.34. The van der Waals surface area contributed by atoms with Gasteiger partial charge >= 0.3 is 0 Å². The van der Waals surface area contributed by atoms with Crippen LogP contribution in [0.15, 0.2) is 9.72 Å². The lowest BCUT2D eigenvalue weighted by Gasteiger charge is -1.78. The summed E-state index contributed by atoms with van der Waals surface area (Å²) in [7, 11) is 0. The Bertz CT molecular complexity index is 208. The second-order valence-corrected chi connectivity index (χ2v) is 3.27. The van der Waals surface area contributed by atoms with Crippen molar-refractivity contribution in [3.63, 3.8) is 0 Å². The number of rotatable bonds is 2. The van der Waals surface area contributed by atoms with Crippen LogP contribution in [-0.4, -0.2) is 17.5 Å². The molecule has 4 heteroatoms. The van der Waals surface area contributed by atoms with Crippen LogP contribution in [0.4, 0.5) is 0 Å². The van der Waals surface area contributed by atoms with Crippen LogP contribution in [0.5, 0.6) is 0 Å². The van der Waals surface area contributed by atoms with Crippen LogP contribution >= 0.6 is 23.1 Å². The predicted octanol–water partition coefficient (Wildman–Crippen LogP) is 1.68. The van der Waals surface area contributed by atoms with E-state index in [9.17, 15) is 4.79 Å². The highest BCUT2D eigenvalue weighted by atomic mass is 32.2. The lowest BCUT2D eigenvalue weighted by atomic mass is 10.6. The van der Waals surface area contributed by atoms with Crippen LogP contribution in [0.1, 0.15) is 10.5 Å². The van der Waals surface area contributed by atoms with E-state index in [1.165, 1.54) is 11.3 Å². The van der Waals surface area contributed by atoms with Crippen molar-refractivity contribution in [2.75, 3.05) is 6.26 Å². The molecule has 0 aliphatic rings. The third kappa shape index (κ3) is 1.53. The van der Waals surface area contributed by atoms with E-state index in [0.717, 1.165) is 10.6 Å². The first-order chi connectivity index (χ1) is 4.36. The zero-order valence-corrected chi connectivity index (χ0v) is 6.46. The summed E-state index contributed by atoms with van der Waals surface area (Å²) in [6.07, 6.45) is 2.70. The maximum atomic E-state index is 10.1. The van der Waals surface area contributed by atoms with E-state index in [1.807, 2.05) is 6.26 Å². The first kappa shape index (κ1) is 6.77. The predicted molar refractivity (Wildman–Crippen MR) is 39.3 cm³/mol. The van der Waals surface area contributed by atoms with Crippen molar-refractivity contribution in [2.24, 2.45) is 0 Å². The van der Waals surface area contributed by atoms with Crippen LogP contribution in [0, 0.1) is 0 Å². The molecule has 0 spiro atoms. The molecule has 1 rings (SSSR count). The Balaban J connectivity index is 2.86. The maximum absolute atomic E-state index is 10.1. The first-order valence-electron chi connectivity index (χ1n) is 2.31. The van der Waals surface area contributed by atoms with Gasteiger partial charge in [0, 0.05) is 5.38 Å². The quantitative estimate of drug-likeness (QED) is 0.485. The van der Waals surface area contributed by atoms with Crippen molar-refractivity contribution >= 4 is 29.4 Å². The molecule has 0 aliphatic heterocycles. The topological polar surface area (TPSA) is 30.0 Å². The van der Waals surface area contributed by atoms with Gasteiger partial charge < -0.3 is 0 Å². The normalized spacial score (nSPS) is 9.44. The third-order valence-electron chi connectivity index (χ3n) is 0.796. The molecule has 1 aromatic rings. The summed E-state index contributed by atoms with van der Waals surface area (Å²) in [5, 5.41) is 1.75. The van der Waals surface area contributed by atoms with Crippen LogP contribution in [0.25, 0.3) is 0 Å². The number of aldehydes is 1. The molecule has 1 heterocycles. The van der Waals surface area contributed by atoms with E-state index in [4.69, 9.17) is 0 Å². The molecular formula is C5H5NOS2. The molecule has 0 N–H and O–H groups in total. The Kier molecular flexibility index (Phi) is 2.24. The van der Waals surface area contributed by atoms with Crippen LogP contribution in [0.3, 0.4) is 0 Å². The van der Waals surface area contributed by atoms with Gasteiger partial charge in [-0.3, -0.25) is 4.79 Å². The number of hydrogen-bond acceptors (Lipinski definition) is 4. The molecule has 0 aromatic carbocycles. The number of carbonyl (C=O) groups excluding carboxylic acids is 1. The molecule has 0 aliphatic carbocycles. The Labute approximate surface area is 61.3 Å². The van der Waals surface area contributed by atoms with E-state index in [2.05, 4.69) is 4.98 Å². The summed E-state index contributed by atoms with van der Waals surface area (Å²) in [6.45, 7) is 0. The molecule has 2 nitrogen and oxygen atoms in total. The van der Waals surface area contributed by atoms with Gasteiger partial charge in [0.1, 0.15) is 10.0 Å². The van der Waals surface area contributed by atoms with E-state index in [1.54, 1.807) is 17.1 Å². The molecular weight excluding hydrogens is 154 g/mol. The van der Waals surface area contributed by atoms with Crippen molar-refractivity contribution < 1.29 is 4.79 Å². The van der Waals surface area contributed by atoms with Crippen molar-refractivity contribution in [3.05, 3.63) is 11.1 Å². The number of thiazole rings is 1. The van der Waals surface area contributed by atoms with Gasteiger partial charge in [-0.15, -0.1) is 11.3 Å². The van der Waals surface area contributed by atoms with Crippen LogP contribution < -0.4 is 0 Å². The van der Waals surface area contributed by atoms with Gasteiger partial charge in [-0.25, -0.2) is 4.98 Å². The second kappa shape index (κ2) is 2.98. The van der Waals surface area contributed by atoms with Crippen molar-refractivity contribution in [2.45, 2.75) is 4.34 Å². The minimum Gasteiger partial charge on any atom is -0.296 e. The zero-order valence-electron chi connectivity index (χ0n) is 4.83. The fourth-order valence-electron chi connectivity index (χ4n) is 0.417. The van der Waals surface area contributed by atoms with Gasteiger partial charge in [-0.1, -0.05) is 11.8 Å². The molecule has 48 valence electrons. The van der Waals surface area contributed by atoms with E-state index in [0.29, 0.717) is 5.69 Å². The fourth-order valence-corrected chi connectivity index (χ4v) is 1.63. The van der Waals surface area contributed by atoms with E-state index < -0.39 is 0 Å². The lowest BCUT2D eigenvalue weighted by molar-refractivity contribution is 0.111. The fraction of sp³-hybridized carbons (Fsp3) is 0.200. The van der Waals surface area contributed by atoms with E-state index in [-0.39, 0.29) is 0 Å². The Morgan fingerprint density at radius 1 is 1.89 bits per heavy atom. The van der Waals surface area contributed by atoms with Crippen LogP contribution in [0.2, 0.25) is 0 Å². The largest absolute Gasteiger partial charge is 0.296 e. The van der Waals surface area contributed by atoms with Gasteiger partial charge in [0.15, 0.2) is 6.29 Å². The standard InChI is InChI=1S/C5H5NOS2/c1-8-5-6-4(2-7)3-9-5/h2-3H,1H3. The highest BCUT2D eigenvalue weighted by molar-refractivity contribution is 8.00. The molecule has 0 saturated carbocycles. The average molecular weight is 159 g/mol. The third-order valence-corrected chi connectivity index (χ3v) is 2.68. The zero-order chi connectivity index (χ0) is 6.69. The number of thioether (sulfide) groups is 1. The summed E-state index contributed by atoms with van der Waals surface area (Å²) in [6, 6.07) is 0. The monoisotopic (exact) mass is 159 g/mol. The number of aromatic nitrogens is 1. The molecule has 0 radical (unpaired) electrons. The molecule has 1 aromatic heterocycles. The molecule has 0 fully saturated rings. The molecule has 0 amide bonds. The van der Waals surface area contributed by atoms with Gasteiger partial charge in [0.2, 0.25) is 0 Å². The lowest BCUT2D eigenvalue weighted by Crippen LogP contribution is -1.75. The molecule has 0 saturated heterocycles. The van der Waals surface area contributed by atoms with Gasteiger partial charge in [0.05, 0.1) is 0 Å². The summed E-state index contributed by atoms with van der Waals surface area (Å²) in [5.41, 5.74) is 0.532. The molecule has 0 unspecified atom stereocenters. The number of carbonyl (C=O) groups is 1. The first-order valence-corrected chi connectivity index (χ1v) is 4.42. The van der Waals surface area contributed by atoms with E-state index >= 15 is 0 Å². The molecule has 9 heavy (non-hydrogen) atoms. The van der Waals surface area contributed by atoms with Crippen molar-refractivity contribution in [1.29, 1.82) is 0 Å². The SMILES string of the molecule is CSc1nc(C=O)cs1. The minimum atomic E-state index is 0.532. The van der Waals surface area contributed by atoms with Gasteiger partial charge in [-0.2, -0.15) is 0 Å². The van der Waals surface area contributed by atoms with Gasteiger partial charge in [0.25, 0.3) is 0 Å². The summed E-state index contributed by atoms with van der Waals surface area (Å²) >= 11 is 3.05. The Morgan fingerprint density at radius 2 is 2.67 bits per heavy atom.